The molecule has 0 aliphatic carbocycles. The average molecular weight is 556 g/mol. The topological polar surface area (TPSA) is 0 Å². The average Bonchev–Trinajstić information content (AvgIpc) is 3.52. The molecule has 0 saturated heterocycles. The predicted octanol–water partition coefficient (Wildman–Crippen LogP) is 8.03. The summed E-state index contributed by atoms with van der Waals surface area (Å²) in [6.45, 7) is 0. The molecule has 0 bridgehead atoms. The van der Waals surface area contributed by atoms with Crippen LogP contribution < -0.4 is 15.9 Å². The Kier molecular flexibility index (Phi) is 7.72. The molecule has 7 rings (SSSR count). The zero-order chi connectivity index (χ0) is 23.5. The first-order chi connectivity index (χ1) is 17.4. The van der Waals surface area contributed by atoms with Gasteiger partial charge in [-0.25, -0.2) is 0 Å². The second-order valence-electron chi connectivity index (χ2n) is 8.67. The van der Waals surface area contributed by atoms with Gasteiger partial charge >= 0.3 is 26.2 Å². The fourth-order valence-corrected chi connectivity index (χ4v) is 7.14. The maximum atomic E-state index is 2.35. The summed E-state index contributed by atoms with van der Waals surface area (Å²) >= 11 is 0. The van der Waals surface area contributed by atoms with Crippen molar-refractivity contribution in [2.24, 2.45) is 0 Å². The summed E-state index contributed by atoms with van der Waals surface area (Å²) in [6, 6.07) is 54.3. The van der Waals surface area contributed by atoms with Crippen LogP contribution >= 0.6 is 7.92 Å². The molecule has 0 aliphatic heterocycles. The monoisotopic (exact) mass is 554 g/mol. The van der Waals surface area contributed by atoms with Crippen molar-refractivity contribution in [2.45, 2.75) is 0 Å². The van der Waals surface area contributed by atoms with Crippen LogP contribution in [0.1, 0.15) is 0 Å². The maximum Gasteiger partial charge on any atom is 2.00 e. The third-order valence-corrected chi connectivity index (χ3v) is 8.82. The summed E-state index contributed by atoms with van der Waals surface area (Å²) in [6.07, 6.45) is 0. The first-order valence-corrected chi connectivity index (χ1v) is 13.3. The van der Waals surface area contributed by atoms with E-state index in [0.29, 0.717) is 0 Å². The molecule has 0 atom stereocenters. The SMILES string of the molecule is [Zr+2].c1ccc(P(c2ccccc2)c2cc3ccccc3[cH-]2)cc1.c1ccc2c(c1)[cH-]c1ccccc12. The van der Waals surface area contributed by atoms with Crippen LogP contribution in [0.4, 0.5) is 0 Å². The number of hydrogen-bond acceptors (Lipinski definition) is 0. The van der Waals surface area contributed by atoms with Crippen LogP contribution in [0, 0.1) is 0 Å². The Morgan fingerprint density at radius 1 is 0.417 bits per heavy atom. The summed E-state index contributed by atoms with van der Waals surface area (Å²) in [5, 5.41) is 12.3. The molecule has 0 radical (unpaired) electrons. The minimum Gasteiger partial charge on any atom is -0.160 e. The molecule has 7 aromatic rings. The fraction of sp³-hybridized carbons (Fsp3) is 0. The summed E-state index contributed by atoms with van der Waals surface area (Å²) in [5.74, 6) is 0. The summed E-state index contributed by atoms with van der Waals surface area (Å²) < 4.78 is 0. The summed E-state index contributed by atoms with van der Waals surface area (Å²) in [5.41, 5.74) is 0. The van der Waals surface area contributed by atoms with Gasteiger partial charge in [-0.3, -0.25) is 0 Å². The minimum absolute atomic E-state index is 0. The van der Waals surface area contributed by atoms with Crippen LogP contribution in [0.3, 0.4) is 0 Å². The number of benzene rings is 5. The van der Waals surface area contributed by atoms with E-state index in [1.165, 1.54) is 48.2 Å². The Labute approximate surface area is 232 Å². The van der Waals surface area contributed by atoms with Crippen molar-refractivity contribution in [1.29, 1.82) is 0 Å². The quantitative estimate of drug-likeness (QED) is 0.153. The Balaban J connectivity index is 0.000000163. The van der Waals surface area contributed by atoms with Gasteiger partial charge in [-0.1, -0.05) is 103 Å². The van der Waals surface area contributed by atoms with Crippen molar-refractivity contribution >= 4 is 56.2 Å². The molecule has 0 aliphatic rings. The van der Waals surface area contributed by atoms with E-state index in [2.05, 4.69) is 152 Å². The van der Waals surface area contributed by atoms with Crippen LogP contribution in [0.5, 0.6) is 0 Å². The Bertz CT molecular complexity index is 1570. The Morgan fingerprint density at radius 2 is 0.861 bits per heavy atom. The first-order valence-electron chi connectivity index (χ1n) is 12.0. The third-order valence-electron chi connectivity index (χ3n) is 6.41. The number of fused-ring (bicyclic) bond motifs is 4. The molecular formula is C34H25PZr. The number of hydrogen-bond donors (Lipinski definition) is 0. The van der Waals surface area contributed by atoms with Crippen molar-refractivity contribution in [2.75, 3.05) is 0 Å². The van der Waals surface area contributed by atoms with Crippen LogP contribution in [0.25, 0.3) is 32.3 Å². The smallest absolute Gasteiger partial charge is 0.160 e. The predicted molar refractivity (Wildman–Crippen MR) is 155 cm³/mol. The van der Waals surface area contributed by atoms with E-state index < -0.39 is 7.92 Å². The van der Waals surface area contributed by atoms with Crippen molar-refractivity contribution in [3.8, 4) is 0 Å². The molecule has 0 spiro atoms. The molecule has 0 N–H and O–H groups in total. The van der Waals surface area contributed by atoms with Gasteiger partial charge in [0.2, 0.25) is 0 Å². The molecule has 0 nitrogen and oxygen atoms in total. The molecule has 170 valence electrons. The molecule has 2 heteroatoms. The van der Waals surface area contributed by atoms with Gasteiger partial charge < -0.3 is 0 Å². The van der Waals surface area contributed by atoms with E-state index in [1.807, 2.05) is 0 Å². The van der Waals surface area contributed by atoms with Crippen molar-refractivity contribution < 1.29 is 26.2 Å². The van der Waals surface area contributed by atoms with E-state index in [-0.39, 0.29) is 26.2 Å². The molecule has 0 unspecified atom stereocenters. The third kappa shape index (κ3) is 5.06. The van der Waals surface area contributed by atoms with Crippen LogP contribution in [0.15, 0.2) is 152 Å². The number of rotatable bonds is 3. The van der Waals surface area contributed by atoms with E-state index in [9.17, 15) is 0 Å². The molecule has 0 amide bonds. The van der Waals surface area contributed by atoms with Crippen molar-refractivity contribution in [1.82, 2.24) is 0 Å². The second kappa shape index (κ2) is 11.3. The van der Waals surface area contributed by atoms with Crippen molar-refractivity contribution in [3.63, 3.8) is 0 Å². The molecule has 0 aromatic heterocycles. The summed E-state index contributed by atoms with van der Waals surface area (Å²) in [7, 11) is -0.493. The van der Waals surface area contributed by atoms with Gasteiger partial charge in [-0.15, -0.1) is 80.1 Å². The largest absolute Gasteiger partial charge is 2.00 e. The molecule has 7 aromatic carbocycles. The van der Waals surface area contributed by atoms with E-state index in [4.69, 9.17) is 0 Å². The van der Waals surface area contributed by atoms with Gasteiger partial charge in [0.25, 0.3) is 0 Å². The molecule has 36 heavy (non-hydrogen) atoms. The Morgan fingerprint density at radius 3 is 1.39 bits per heavy atom. The summed E-state index contributed by atoms with van der Waals surface area (Å²) in [4.78, 5) is 0. The van der Waals surface area contributed by atoms with E-state index >= 15 is 0 Å². The molecule has 0 heterocycles. The van der Waals surface area contributed by atoms with Gasteiger partial charge in [-0.05, 0) is 18.5 Å². The zero-order valence-electron chi connectivity index (χ0n) is 19.9. The standard InChI is InChI=1S/C21H16P.C13H9.Zr/c1-3-11-19(12-4-1)22(20-13-5-2-6-14-20)21-15-17-9-7-8-10-18(17)16-21;1-3-7-12-10(5-1)9-11-6-2-4-8-13(11)12;/h1-16H;1-9H;/q2*-1;+2. The van der Waals surface area contributed by atoms with Gasteiger partial charge in [0.1, 0.15) is 0 Å². The van der Waals surface area contributed by atoms with Gasteiger partial charge in [-0.2, -0.15) is 6.07 Å². The van der Waals surface area contributed by atoms with Crippen LogP contribution in [-0.2, 0) is 26.2 Å². The van der Waals surface area contributed by atoms with Gasteiger partial charge in [0, 0.05) is 0 Å². The maximum absolute atomic E-state index is 2.35. The molecular weight excluding hydrogens is 531 g/mol. The molecule has 0 fully saturated rings. The fourth-order valence-electron chi connectivity index (χ4n) is 4.77. The Hall–Kier alpha value is -3.11. The van der Waals surface area contributed by atoms with E-state index in [1.54, 1.807) is 0 Å². The van der Waals surface area contributed by atoms with Crippen molar-refractivity contribution in [3.05, 3.63) is 152 Å². The molecule has 0 saturated carbocycles. The van der Waals surface area contributed by atoms with E-state index in [0.717, 1.165) is 0 Å². The van der Waals surface area contributed by atoms with Crippen LogP contribution in [0.2, 0.25) is 0 Å². The second-order valence-corrected chi connectivity index (χ2v) is 10.9. The van der Waals surface area contributed by atoms with Gasteiger partial charge in [0.05, 0.1) is 0 Å². The van der Waals surface area contributed by atoms with Gasteiger partial charge in [0.15, 0.2) is 0 Å². The minimum atomic E-state index is -0.493. The van der Waals surface area contributed by atoms with Crippen LogP contribution in [-0.4, -0.2) is 0 Å². The normalized spacial score (nSPS) is 10.8. The zero-order valence-corrected chi connectivity index (χ0v) is 23.2. The first kappa shape index (κ1) is 24.6.